The van der Waals surface area contributed by atoms with Crippen molar-refractivity contribution in [3.8, 4) is 12.3 Å². The van der Waals surface area contributed by atoms with Crippen LogP contribution < -0.4 is 5.73 Å². The Morgan fingerprint density at radius 1 is 1.18 bits per heavy atom. The summed E-state index contributed by atoms with van der Waals surface area (Å²) in [7, 11) is -17.2. The fourth-order valence-electron chi connectivity index (χ4n) is 3.40. The summed E-state index contributed by atoms with van der Waals surface area (Å²) in [4.78, 5) is 47.5. The van der Waals surface area contributed by atoms with E-state index in [4.69, 9.17) is 26.7 Å². The summed E-state index contributed by atoms with van der Waals surface area (Å²) < 4.78 is 68.0. The van der Waals surface area contributed by atoms with Crippen molar-refractivity contribution in [2.45, 2.75) is 29.7 Å². The van der Waals surface area contributed by atoms with Crippen LogP contribution in [0.5, 0.6) is 0 Å². The highest BCUT2D eigenvalue weighted by Gasteiger charge is 2.87. The number of anilines is 1. The molecule has 33 heavy (non-hydrogen) atoms. The van der Waals surface area contributed by atoms with E-state index < -0.39 is 53.2 Å². The smallest absolute Gasteiger partial charge is 0.382 e. The Hall–Kier alpha value is -1.83. The fourth-order valence-corrected chi connectivity index (χ4v) is 6.62. The Kier molecular flexibility index (Phi) is 5.40. The number of phosphoric acid groups is 3. The molecule has 1 aliphatic carbocycles. The van der Waals surface area contributed by atoms with E-state index in [1.807, 2.05) is 0 Å². The maximum absolute atomic E-state index is 15.8. The van der Waals surface area contributed by atoms with E-state index in [0.717, 1.165) is 17.2 Å². The minimum Gasteiger partial charge on any atom is -0.382 e. The normalized spacial score (nSPS) is 34.9. The molecule has 17 nitrogen and oxygen atoms in total. The molecule has 0 spiro atoms. The van der Waals surface area contributed by atoms with Crippen LogP contribution in [-0.4, -0.2) is 67.7 Å². The van der Waals surface area contributed by atoms with Gasteiger partial charge in [-0.15, -0.1) is 6.42 Å². The minimum absolute atomic E-state index is 0.0147. The van der Waals surface area contributed by atoms with Crippen LogP contribution in [0.15, 0.2) is 12.7 Å². The summed E-state index contributed by atoms with van der Waals surface area (Å²) in [5, 5.41) is 10.8. The molecule has 2 aromatic heterocycles. The van der Waals surface area contributed by atoms with Gasteiger partial charge in [0.2, 0.25) is 5.67 Å². The molecule has 2 aromatic rings. The minimum atomic E-state index is -5.84. The van der Waals surface area contributed by atoms with Gasteiger partial charge in [0.05, 0.1) is 6.33 Å². The molecular weight excluding hydrogens is 518 g/mol. The number of hydrogen-bond acceptors (Lipinski definition) is 12. The molecule has 2 fully saturated rings. The Morgan fingerprint density at radius 2 is 1.85 bits per heavy atom. The highest BCUT2D eigenvalue weighted by atomic mass is 31.3. The SMILES string of the molecule is C#C[C@]1(F)[C@H](n2cnc3c(N)ncnc32)O[C@@H]2C(OP(=O)(O)OP(=O)(O)OP(=O)(O)O)[C@@]21O. The zero-order valence-corrected chi connectivity index (χ0v) is 18.3. The summed E-state index contributed by atoms with van der Waals surface area (Å²) >= 11 is 0. The second kappa shape index (κ2) is 7.33. The quantitative estimate of drug-likeness (QED) is 0.187. The van der Waals surface area contributed by atoms with E-state index in [1.165, 1.54) is 0 Å². The van der Waals surface area contributed by atoms with E-state index in [1.54, 1.807) is 5.92 Å². The highest BCUT2D eigenvalue weighted by Crippen LogP contribution is 2.71. The first kappa shape index (κ1) is 24.3. The van der Waals surface area contributed by atoms with Gasteiger partial charge in [0.1, 0.15) is 24.1 Å². The molecule has 180 valence electrons. The predicted octanol–water partition coefficient (Wildman–Crippen LogP) is -0.896. The third-order valence-corrected chi connectivity index (χ3v) is 8.57. The van der Waals surface area contributed by atoms with E-state index >= 15 is 4.39 Å². The summed E-state index contributed by atoms with van der Waals surface area (Å²) in [6, 6.07) is 0. The van der Waals surface area contributed by atoms with Gasteiger partial charge < -0.3 is 35.2 Å². The van der Waals surface area contributed by atoms with Crippen molar-refractivity contribution in [3.05, 3.63) is 12.7 Å². The maximum Gasteiger partial charge on any atom is 0.490 e. The number of nitrogen functional groups attached to an aromatic ring is 1. The number of aliphatic hydroxyl groups is 1. The lowest BCUT2D eigenvalue weighted by Gasteiger charge is -2.29. The van der Waals surface area contributed by atoms with Crippen LogP contribution in [0.4, 0.5) is 10.2 Å². The van der Waals surface area contributed by atoms with Crippen LogP contribution in [-0.2, 0) is 31.6 Å². The number of fused-ring (bicyclic) bond motifs is 2. The van der Waals surface area contributed by atoms with Crippen molar-refractivity contribution < 1.29 is 60.6 Å². The lowest BCUT2D eigenvalue weighted by atomic mass is 9.96. The molecular formula is C12H13FN5O12P3. The molecule has 0 aromatic carbocycles. The zero-order valence-electron chi connectivity index (χ0n) is 15.6. The van der Waals surface area contributed by atoms with Crippen molar-refractivity contribution in [1.29, 1.82) is 0 Å². The zero-order chi connectivity index (χ0) is 24.6. The van der Waals surface area contributed by atoms with E-state index in [9.17, 15) is 28.6 Å². The number of hydrogen-bond donors (Lipinski definition) is 6. The van der Waals surface area contributed by atoms with Crippen LogP contribution in [0.1, 0.15) is 6.23 Å². The van der Waals surface area contributed by atoms with Crippen LogP contribution >= 0.6 is 23.5 Å². The van der Waals surface area contributed by atoms with E-state index in [2.05, 4.69) is 28.1 Å². The summed E-state index contributed by atoms with van der Waals surface area (Å²) in [5.74, 6) is 1.65. The Balaban J connectivity index is 1.58. The largest absolute Gasteiger partial charge is 0.490 e. The Bertz CT molecular complexity index is 1330. The van der Waals surface area contributed by atoms with Crippen molar-refractivity contribution in [1.82, 2.24) is 19.5 Å². The first-order chi connectivity index (χ1) is 15.0. The van der Waals surface area contributed by atoms with Gasteiger partial charge in [-0.05, 0) is 0 Å². The molecule has 0 bridgehead atoms. The van der Waals surface area contributed by atoms with Gasteiger partial charge in [0.15, 0.2) is 23.3 Å². The van der Waals surface area contributed by atoms with Gasteiger partial charge in [0.25, 0.3) is 0 Å². The number of nitrogens with two attached hydrogens (primary N) is 1. The highest BCUT2D eigenvalue weighted by molar-refractivity contribution is 7.66. The lowest BCUT2D eigenvalue weighted by Crippen LogP contribution is -2.46. The van der Waals surface area contributed by atoms with Gasteiger partial charge in [-0.1, -0.05) is 5.92 Å². The fraction of sp³-hybridized carbons (Fsp3) is 0.417. The van der Waals surface area contributed by atoms with Gasteiger partial charge in [0, 0.05) is 0 Å². The number of alkyl halides is 1. The first-order valence-electron chi connectivity index (χ1n) is 8.34. The van der Waals surface area contributed by atoms with Crippen molar-refractivity contribution in [2.24, 2.45) is 0 Å². The third-order valence-electron chi connectivity index (χ3n) is 4.74. The number of rotatable bonds is 7. The summed E-state index contributed by atoms with van der Waals surface area (Å²) in [6.07, 6.45) is 1.91. The second-order valence-corrected chi connectivity index (χ2v) is 11.2. The molecule has 2 aliphatic rings. The molecule has 1 saturated carbocycles. The standard InChI is InChI=1S/C12H13FN5O12P3/c1-2-11(13)10(18-4-17-5-8(14)15-3-16-9(5)18)27-6-7(12(6,11)19)28-32(23,24)30-33(25,26)29-31(20,21)22/h1,3-4,6-7,10,19H,(H,23,24)(H,25,26)(H2,14,15,16)(H2,20,21,22)/t6-,7?,10-,11+,12+/m1/s1. The van der Waals surface area contributed by atoms with E-state index in [0.29, 0.717) is 0 Å². The summed E-state index contributed by atoms with van der Waals surface area (Å²) in [5.41, 5.74) is -0.164. The molecule has 21 heteroatoms. The van der Waals surface area contributed by atoms with Gasteiger partial charge in [-0.2, -0.15) is 8.62 Å². The molecule has 1 saturated heterocycles. The van der Waals surface area contributed by atoms with E-state index in [-0.39, 0.29) is 17.0 Å². The van der Waals surface area contributed by atoms with Crippen molar-refractivity contribution in [3.63, 3.8) is 0 Å². The summed E-state index contributed by atoms with van der Waals surface area (Å²) in [6.45, 7) is 0. The van der Waals surface area contributed by atoms with Gasteiger partial charge >= 0.3 is 23.5 Å². The van der Waals surface area contributed by atoms with Crippen LogP contribution in [0.3, 0.4) is 0 Å². The van der Waals surface area contributed by atoms with Gasteiger partial charge in [-0.25, -0.2) is 33.0 Å². The van der Waals surface area contributed by atoms with Crippen LogP contribution in [0.25, 0.3) is 11.2 Å². The number of aromatic nitrogens is 4. The molecule has 1 aliphatic heterocycles. The Morgan fingerprint density at radius 3 is 2.45 bits per heavy atom. The average Bonchev–Trinajstić information content (AvgIpc) is 2.96. The Labute approximate surface area is 181 Å². The van der Waals surface area contributed by atoms with Crippen molar-refractivity contribution in [2.75, 3.05) is 5.73 Å². The van der Waals surface area contributed by atoms with Crippen LogP contribution in [0.2, 0.25) is 0 Å². The molecule has 3 heterocycles. The number of halogens is 1. The van der Waals surface area contributed by atoms with Gasteiger partial charge in [-0.3, -0.25) is 9.09 Å². The lowest BCUT2D eigenvalue weighted by molar-refractivity contribution is -0.0923. The predicted molar refractivity (Wildman–Crippen MR) is 100 cm³/mol. The number of terminal acetylenes is 1. The average molecular weight is 531 g/mol. The number of ether oxygens (including phenoxy) is 1. The monoisotopic (exact) mass is 531 g/mol. The number of phosphoric ester groups is 1. The second-order valence-electron chi connectivity index (χ2n) is 6.79. The number of imidazole rings is 1. The molecule has 4 rings (SSSR count). The first-order valence-corrected chi connectivity index (χ1v) is 12.9. The van der Waals surface area contributed by atoms with Crippen LogP contribution in [0, 0.1) is 12.3 Å². The van der Waals surface area contributed by atoms with Crippen molar-refractivity contribution >= 4 is 40.4 Å². The molecule has 7 N–H and O–H groups in total. The molecule has 0 amide bonds. The molecule has 7 atom stereocenters. The topological polar surface area (TPSA) is 259 Å². The molecule has 0 radical (unpaired) electrons. The number of nitrogens with zero attached hydrogens (tertiary/aromatic N) is 4. The molecule has 3 unspecified atom stereocenters. The third kappa shape index (κ3) is 3.92. The maximum atomic E-state index is 15.8.